The van der Waals surface area contributed by atoms with Gasteiger partial charge < -0.3 is 10.1 Å². The van der Waals surface area contributed by atoms with Crippen molar-refractivity contribution in [3.63, 3.8) is 0 Å². The van der Waals surface area contributed by atoms with E-state index in [9.17, 15) is 10.0 Å². The van der Waals surface area contributed by atoms with Crippen LogP contribution in [0.25, 0.3) is 0 Å². The second-order valence-corrected chi connectivity index (χ2v) is 1.82. The van der Waals surface area contributed by atoms with E-state index in [0.717, 1.165) is 11.7 Å². The van der Waals surface area contributed by atoms with Crippen LogP contribution in [0.5, 0.6) is 0 Å². The van der Waals surface area contributed by atoms with Gasteiger partial charge in [0, 0.05) is 19.1 Å². The van der Waals surface area contributed by atoms with Crippen LogP contribution in [0.15, 0.2) is 30.6 Å². The zero-order chi connectivity index (χ0) is 9.40. The van der Waals surface area contributed by atoms with Crippen molar-refractivity contribution >= 4 is 5.97 Å². The van der Waals surface area contributed by atoms with Crippen LogP contribution in [0.3, 0.4) is 0 Å². The van der Waals surface area contributed by atoms with Crippen molar-refractivity contribution in [1.82, 2.24) is 0 Å². The van der Waals surface area contributed by atoms with E-state index in [2.05, 4.69) is 4.89 Å². The lowest BCUT2D eigenvalue weighted by molar-refractivity contribution is -0.605. The van der Waals surface area contributed by atoms with Crippen molar-refractivity contribution in [1.29, 1.82) is 0 Å². The average Bonchev–Trinajstić information content (AvgIpc) is 2.07. The molecule has 0 saturated carbocycles. The minimum atomic E-state index is -0.690. The number of aromatic nitrogens is 1. The lowest BCUT2D eigenvalue weighted by Gasteiger charge is -1.88. The molecular weight excluding hydrogens is 162 g/mol. The fourth-order valence-corrected chi connectivity index (χ4v) is 0.383. The molecule has 5 heteroatoms. The van der Waals surface area contributed by atoms with Gasteiger partial charge in [-0.3, -0.25) is 0 Å². The third-order valence-electron chi connectivity index (χ3n) is 0.817. The summed E-state index contributed by atoms with van der Waals surface area (Å²) in [5.41, 5.74) is 0. The maximum atomic E-state index is 10.2. The van der Waals surface area contributed by atoms with E-state index in [1.807, 2.05) is 0 Å². The molecule has 0 fully saturated rings. The number of nitrogens with zero attached hydrogens (tertiary/aromatic N) is 1. The number of carbonyl (C=O) groups excluding carboxylic acids is 1. The Morgan fingerprint density at radius 1 is 1.42 bits per heavy atom. The van der Waals surface area contributed by atoms with Crippen molar-refractivity contribution in [3.8, 4) is 0 Å². The molecule has 0 aliphatic carbocycles. The second kappa shape index (κ2) is 6.11. The van der Waals surface area contributed by atoms with Crippen LogP contribution < -0.4 is 4.73 Å². The third-order valence-corrected chi connectivity index (χ3v) is 0.817. The molecule has 1 aromatic heterocycles. The highest BCUT2D eigenvalue weighted by molar-refractivity contribution is 5.64. The van der Waals surface area contributed by atoms with Crippen molar-refractivity contribution < 1.29 is 19.7 Å². The number of rotatable bonds is 0. The van der Waals surface area contributed by atoms with Crippen molar-refractivity contribution in [2.24, 2.45) is 0 Å². The molecule has 0 amide bonds. The van der Waals surface area contributed by atoms with Gasteiger partial charge in [0.15, 0.2) is 12.4 Å². The highest BCUT2D eigenvalue weighted by Crippen LogP contribution is 1.72. The highest BCUT2D eigenvalue weighted by atomic mass is 17.1. The molecule has 0 atom stereocenters. The SMILES string of the molecule is CC(=O)OO.[O-][n+]1ccccc1. The van der Waals surface area contributed by atoms with E-state index in [1.165, 1.54) is 12.4 Å². The smallest absolute Gasteiger partial charge is 0.339 e. The number of pyridine rings is 1. The van der Waals surface area contributed by atoms with Crippen LogP contribution in [0.2, 0.25) is 0 Å². The van der Waals surface area contributed by atoms with Gasteiger partial charge in [-0.1, -0.05) is 6.07 Å². The zero-order valence-corrected chi connectivity index (χ0v) is 6.51. The van der Waals surface area contributed by atoms with Crippen molar-refractivity contribution in [2.75, 3.05) is 0 Å². The van der Waals surface area contributed by atoms with Crippen molar-refractivity contribution in [3.05, 3.63) is 35.8 Å². The first-order valence-electron chi connectivity index (χ1n) is 3.12. The van der Waals surface area contributed by atoms with E-state index >= 15 is 0 Å². The fraction of sp³-hybridized carbons (Fsp3) is 0.143. The molecular formula is C7H9NO4. The summed E-state index contributed by atoms with van der Waals surface area (Å²) in [6.45, 7) is 1.11. The van der Waals surface area contributed by atoms with Gasteiger partial charge in [-0.15, -0.1) is 0 Å². The van der Waals surface area contributed by atoms with Gasteiger partial charge in [0.2, 0.25) is 0 Å². The predicted octanol–water partition coefficient (Wildman–Crippen LogP) is 0.342. The Hall–Kier alpha value is -1.62. The maximum absolute atomic E-state index is 10.2. The quantitative estimate of drug-likeness (QED) is 0.264. The van der Waals surface area contributed by atoms with E-state index in [1.54, 1.807) is 18.2 Å². The number of hydrogen-bond acceptors (Lipinski definition) is 4. The molecule has 0 aliphatic heterocycles. The topological polar surface area (TPSA) is 73.5 Å². The number of carbonyl (C=O) groups is 1. The monoisotopic (exact) mass is 171 g/mol. The van der Waals surface area contributed by atoms with Crippen LogP contribution in [-0.4, -0.2) is 11.2 Å². The summed E-state index contributed by atoms with van der Waals surface area (Å²) in [6, 6.07) is 5.18. The average molecular weight is 171 g/mol. The minimum Gasteiger partial charge on any atom is -0.619 e. The predicted molar refractivity (Wildman–Crippen MR) is 39.8 cm³/mol. The molecule has 0 bridgehead atoms. The molecule has 0 spiro atoms. The minimum absolute atomic E-state index is 0.690. The van der Waals surface area contributed by atoms with E-state index in [-0.39, 0.29) is 0 Å². The Kier molecular flexibility index (Phi) is 5.29. The first kappa shape index (κ1) is 10.4. The van der Waals surface area contributed by atoms with Gasteiger partial charge in [-0.05, 0) is 0 Å². The molecule has 0 radical (unpaired) electrons. The first-order valence-corrected chi connectivity index (χ1v) is 3.12. The summed E-state index contributed by atoms with van der Waals surface area (Å²) < 4.78 is 0.750. The molecule has 1 heterocycles. The molecule has 0 unspecified atom stereocenters. The maximum Gasteiger partial charge on any atom is 0.339 e. The Morgan fingerprint density at radius 3 is 2.00 bits per heavy atom. The van der Waals surface area contributed by atoms with E-state index in [0.29, 0.717) is 0 Å². The molecule has 0 saturated heterocycles. The lowest BCUT2D eigenvalue weighted by Crippen LogP contribution is -2.22. The summed E-state index contributed by atoms with van der Waals surface area (Å²) in [6.07, 6.45) is 2.89. The van der Waals surface area contributed by atoms with E-state index in [4.69, 9.17) is 5.26 Å². The summed E-state index contributed by atoms with van der Waals surface area (Å²) in [5.74, 6) is -0.690. The van der Waals surface area contributed by atoms with Gasteiger partial charge >= 0.3 is 5.97 Å². The van der Waals surface area contributed by atoms with Gasteiger partial charge in [0.05, 0.1) is 0 Å². The molecule has 0 aliphatic rings. The molecule has 0 aromatic carbocycles. The van der Waals surface area contributed by atoms with Crippen LogP contribution in [0.1, 0.15) is 6.92 Å². The Balaban J connectivity index is 0.000000217. The molecule has 1 rings (SSSR count). The van der Waals surface area contributed by atoms with Crippen LogP contribution >= 0.6 is 0 Å². The summed E-state index contributed by atoms with van der Waals surface area (Å²) in [4.78, 5) is 12.5. The lowest BCUT2D eigenvalue weighted by atomic mass is 10.5. The summed E-state index contributed by atoms with van der Waals surface area (Å²) in [5, 5.41) is 17.5. The van der Waals surface area contributed by atoms with Crippen LogP contribution in [0.4, 0.5) is 0 Å². The summed E-state index contributed by atoms with van der Waals surface area (Å²) in [7, 11) is 0. The van der Waals surface area contributed by atoms with E-state index < -0.39 is 5.97 Å². The molecule has 1 aromatic rings. The van der Waals surface area contributed by atoms with Gasteiger partial charge in [-0.25, -0.2) is 4.79 Å². The molecule has 5 nitrogen and oxygen atoms in total. The molecule has 66 valence electrons. The second-order valence-electron chi connectivity index (χ2n) is 1.82. The zero-order valence-electron chi connectivity index (χ0n) is 6.51. The largest absolute Gasteiger partial charge is 0.619 e. The fourth-order valence-electron chi connectivity index (χ4n) is 0.383. The van der Waals surface area contributed by atoms with Crippen molar-refractivity contribution in [2.45, 2.75) is 6.92 Å². The normalized spacial score (nSPS) is 7.83. The number of hydrogen-bond donors (Lipinski definition) is 1. The third kappa shape index (κ3) is 6.50. The summed E-state index contributed by atoms with van der Waals surface area (Å²) >= 11 is 0. The molecule has 12 heavy (non-hydrogen) atoms. The Labute approximate surface area is 69.3 Å². The Morgan fingerprint density at radius 2 is 1.83 bits per heavy atom. The molecule has 1 N–H and O–H groups in total. The van der Waals surface area contributed by atoms with Gasteiger partial charge in [-0.2, -0.15) is 9.99 Å². The van der Waals surface area contributed by atoms with Gasteiger partial charge in [0.25, 0.3) is 0 Å². The van der Waals surface area contributed by atoms with Crippen LogP contribution in [-0.2, 0) is 9.68 Å². The van der Waals surface area contributed by atoms with Gasteiger partial charge in [0.1, 0.15) is 0 Å². The van der Waals surface area contributed by atoms with Crippen LogP contribution in [0, 0.1) is 5.21 Å². The Bertz CT molecular complexity index is 224. The highest BCUT2D eigenvalue weighted by Gasteiger charge is 1.79. The first-order chi connectivity index (χ1) is 5.66. The standard InChI is InChI=1S/C5H5NO.C2H4O3/c7-6-4-2-1-3-5-6;1-2(3)5-4/h1-5H;4H,1H3.